The molecule has 2 aromatic carbocycles. The highest BCUT2D eigenvalue weighted by molar-refractivity contribution is 5.78. The maximum absolute atomic E-state index is 12.6. The molecule has 31 heavy (non-hydrogen) atoms. The Morgan fingerprint density at radius 2 is 1.71 bits per heavy atom. The standard InChI is InChI=1S/C24H30F2N2O3/c1-27(16-20-6-10-22(11-7-20)31-24(25)26)23(30)17-28-14-12-19(13-15-28)3-2-18-4-8-21(29)9-5-18/h4-11,19,24,29H,2-3,12-17H2,1H3. The molecule has 0 radical (unpaired) electrons. The van der Waals surface area contributed by atoms with E-state index < -0.39 is 6.61 Å². The van der Waals surface area contributed by atoms with Gasteiger partial charge in [0.15, 0.2) is 0 Å². The first-order chi connectivity index (χ1) is 14.9. The topological polar surface area (TPSA) is 53.0 Å². The van der Waals surface area contributed by atoms with Gasteiger partial charge in [0.05, 0.1) is 6.54 Å². The normalized spacial score (nSPS) is 15.2. The minimum Gasteiger partial charge on any atom is -0.508 e. The summed E-state index contributed by atoms with van der Waals surface area (Å²) >= 11 is 0. The zero-order valence-corrected chi connectivity index (χ0v) is 17.8. The Labute approximate surface area is 182 Å². The molecule has 5 nitrogen and oxygen atoms in total. The predicted octanol–water partition coefficient (Wildman–Crippen LogP) is 4.30. The monoisotopic (exact) mass is 432 g/mol. The lowest BCUT2D eigenvalue weighted by atomic mass is 9.90. The van der Waals surface area contributed by atoms with Gasteiger partial charge in [-0.05, 0) is 80.1 Å². The molecule has 1 fully saturated rings. The zero-order valence-electron chi connectivity index (χ0n) is 17.8. The van der Waals surface area contributed by atoms with Crippen molar-refractivity contribution in [1.82, 2.24) is 9.80 Å². The summed E-state index contributed by atoms with van der Waals surface area (Å²) in [5.74, 6) is 1.12. The number of aryl methyl sites for hydroxylation is 1. The molecule has 168 valence electrons. The van der Waals surface area contributed by atoms with Crippen LogP contribution in [0.1, 0.15) is 30.4 Å². The number of carbonyl (C=O) groups is 1. The SMILES string of the molecule is CN(Cc1ccc(OC(F)F)cc1)C(=O)CN1CCC(CCc2ccc(O)cc2)CC1. The molecule has 0 aromatic heterocycles. The van der Waals surface area contributed by atoms with Crippen molar-refractivity contribution in [3.8, 4) is 11.5 Å². The van der Waals surface area contributed by atoms with Gasteiger partial charge in [0.2, 0.25) is 5.91 Å². The molecule has 1 aliphatic heterocycles. The van der Waals surface area contributed by atoms with Gasteiger partial charge in [-0.2, -0.15) is 8.78 Å². The number of hydrogen-bond donors (Lipinski definition) is 1. The van der Waals surface area contributed by atoms with Crippen LogP contribution in [0.15, 0.2) is 48.5 Å². The fourth-order valence-corrected chi connectivity index (χ4v) is 3.92. The highest BCUT2D eigenvalue weighted by Gasteiger charge is 2.22. The van der Waals surface area contributed by atoms with E-state index in [-0.39, 0.29) is 11.7 Å². The first-order valence-electron chi connectivity index (χ1n) is 10.7. The molecule has 0 aliphatic carbocycles. The fraction of sp³-hybridized carbons (Fsp3) is 0.458. The highest BCUT2D eigenvalue weighted by atomic mass is 19.3. The number of amides is 1. The molecule has 1 heterocycles. The largest absolute Gasteiger partial charge is 0.508 e. The molecule has 1 saturated heterocycles. The van der Waals surface area contributed by atoms with Crippen LogP contribution in [0.3, 0.4) is 0 Å². The molecule has 1 N–H and O–H groups in total. The van der Waals surface area contributed by atoms with Gasteiger partial charge in [-0.3, -0.25) is 9.69 Å². The molecule has 0 unspecified atom stereocenters. The van der Waals surface area contributed by atoms with Crippen LogP contribution in [0.4, 0.5) is 8.78 Å². The van der Waals surface area contributed by atoms with Gasteiger partial charge >= 0.3 is 6.61 Å². The summed E-state index contributed by atoms with van der Waals surface area (Å²) in [6.07, 6.45) is 4.30. The van der Waals surface area contributed by atoms with Crippen LogP contribution < -0.4 is 4.74 Å². The summed E-state index contributed by atoms with van der Waals surface area (Å²) in [5.41, 5.74) is 2.11. The molecular formula is C24H30F2N2O3. The molecule has 3 rings (SSSR count). The number of nitrogens with zero attached hydrogens (tertiary/aromatic N) is 2. The van der Waals surface area contributed by atoms with Crippen LogP contribution in [0, 0.1) is 5.92 Å². The maximum Gasteiger partial charge on any atom is 0.387 e. The van der Waals surface area contributed by atoms with E-state index in [0.717, 1.165) is 44.3 Å². The van der Waals surface area contributed by atoms with Crippen LogP contribution >= 0.6 is 0 Å². The summed E-state index contributed by atoms with van der Waals surface area (Å²) in [6.45, 7) is -0.184. The predicted molar refractivity (Wildman–Crippen MR) is 115 cm³/mol. The van der Waals surface area contributed by atoms with Gasteiger partial charge in [-0.1, -0.05) is 24.3 Å². The molecular weight excluding hydrogens is 402 g/mol. The third kappa shape index (κ3) is 7.51. The lowest BCUT2D eigenvalue weighted by Gasteiger charge is -2.32. The molecule has 7 heteroatoms. The van der Waals surface area contributed by atoms with E-state index in [9.17, 15) is 18.7 Å². The summed E-state index contributed by atoms with van der Waals surface area (Å²) in [6, 6.07) is 13.8. The number of likely N-dealkylation sites (tertiary alicyclic amines) is 1. The van der Waals surface area contributed by atoms with Crippen molar-refractivity contribution < 1.29 is 23.4 Å². The lowest BCUT2D eigenvalue weighted by molar-refractivity contribution is -0.132. The smallest absolute Gasteiger partial charge is 0.387 e. The van der Waals surface area contributed by atoms with Crippen LogP contribution in [0.5, 0.6) is 11.5 Å². The minimum absolute atomic E-state index is 0.0513. The number of aromatic hydroxyl groups is 1. The van der Waals surface area contributed by atoms with Crippen molar-refractivity contribution in [2.45, 2.75) is 38.8 Å². The van der Waals surface area contributed by atoms with Crippen LogP contribution in [-0.4, -0.2) is 54.1 Å². The van der Waals surface area contributed by atoms with Crippen LogP contribution in [-0.2, 0) is 17.8 Å². The Hall–Kier alpha value is -2.67. The Morgan fingerprint density at radius 1 is 1.10 bits per heavy atom. The number of phenolic OH excluding ortho intramolecular Hbond substituents is 1. The van der Waals surface area contributed by atoms with Gasteiger partial charge in [-0.15, -0.1) is 0 Å². The lowest BCUT2D eigenvalue weighted by Crippen LogP contribution is -2.42. The van der Waals surface area contributed by atoms with Crippen molar-refractivity contribution in [3.63, 3.8) is 0 Å². The Kier molecular flexibility index (Phi) is 8.23. The number of halogens is 2. The first-order valence-corrected chi connectivity index (χ1v) is 10.7. The number of alkyl halides is 2. The number of phenols is 1. The molecule has 0 atom stereocenters. The van der Waals surface area contributed by atoms with Crippen molar-refractivity contribution in [3.05, 3.63) is 59.7 Å². The Balaban J connectivity index is 1.37. The van der Waals surface area contributed by atoms with E-state index in [1.807, 2.05) is 12.1 Å². The molecule has 2 aromatic rings. The number of piperidine rings is 1. The fourth-order valence-electron chi connectivity index (χ4n) is 3.92. The van der Waals surface area contributed by atoms with E-state index in [1.54, 1.807) is 36.2 Å². The van der Waals surface area contributed by atoms with E-state index in [0.29, 0.717) is 24.8 Å². The second-order valence-electron chi connectivity index (χ2n) is 8.20. The van der Waals surface area contributed by atoms with Crippen molar-refractivity contribution >= 4 is 5.91 Å². The van der Waals surface area contributed by atoms with Gasteiger partial charge in [0, 0.05) is 13.6 Å². The van der Waals surface area contributed by atoms with Crippen LogP contribution in [0.25, 0.3) is 0 Å². The number of rotatable bonds is 9. The summed E-state index contributed by atoms with van der Waals surface area (Å²) in [4.78, 5) is 16.5. The quantitative estimate of drug-likeness (QED) is 0.642. The summed E-state index contributed by atoms with van der Waals surface area (Å²) in [5, 5.41) is 9.37. The molecule has 0 saturated carbocycles. The van der Waals surface area contributed by atoms with Gasteiger partial charge in [0.25, 0.3) is 0 Å². The van der Waals surface area contributed by atoms with Gasteiger partial charge < -0.3 is 14.7 Å². The van der Waals surface area contributed by atoms with Gasteiger partial charge in [0.1, 0.15) is 11.5 Å². The van der Waals surface area contributed by atoms with Crippen molar-refractivity contribution in [2.24, 2.45) is 5.92 Å². The van der Waals surface area contributed by atoms with E-state index in [4.69, 9.17) is 0 Å². The number of benzene rings is 2. The minimum atomic E-state index is -2.84. The third-order valence-corrected chi connectivity index (χ3v) is 5.84. The second kappa shape index (κ2) is 11.1. The summed E-state index contributed by atoms with van der Waals surface area (Å²) in [7, 11) is 1.76. The first kappa shape index (κ1) is 23.0. The molecule has 0 spiro atoms. The number of likely N-dealkylation sites (N-methyl/N-ethyl adjacent to an activating group) is 1. The van der Waals surface area contributed by atoms with Crippen molar-refractivity contribution in [1.29, 1.82) is 0 Å². The van der Waals surface area contributed by atoms with Crippen molar-refractivity contribution in [2.75, 3.05) is 26.7 Å². The molecule has 1 amide bonds. The summed E-state index contributed by atoms with van der Waals surface area (Å²) < 4.78 is 28.8. The second-order valence-corrected chi connectivity index (χ2v) is 8.20. The average molecular weight is 433 g/mol. The zero-order chi connectivity index (χ0) is 22.2. The molecule has 1 aliphatic rings. The highest BCUT2D eigenvalue weighted by Crippen LogP contribution is 2.23. The molecule has 0 bridgehead atoms. The average Bonchev–Trinajstić information content (AvgIpc) is 2.75. The maximum atomic E-state index is 12.6. The Morgan fingerprint density at radius 3 is 2.32 bits per heavy atom. The third-order valence-electron chi connectivity index (χ3n) is 5.84. The van der Waals surface area contributed by atoms with Gasteiger partial charge in [-0.25, -0.2) is 0 Å². The van der Waals surface area contributed by atoms with E-state index >= 15 is 0 Å². The van der Waals surface area contributed by atoms with Crippen LogP contribution in [0.2, 0.25) is 0 Å². The van der Waals surface area contributed by atoms with E-state index in [1.165, 1.54) is 17.7 Å². The number of ether oxygens (including phenoxy) is 1. The number of hydrogen-bond acceptors (Lipinski definition) is 4. The Bertz CT molecular complexity index is 820. The van der Waals surface area contributed by atoms with E-state index in [2.05, 4.69) is 9.64 Å². The number of carbonyl (C=O) groups excluding carboxylic acids is 1.